The number of nitrogens with two attached hydrogens (primary N) is 1. The molecule has 0 saturated carbocycles. The summed E-state index contributed by atoms with van der Waals surface area (Å²) in [4.78, 5) is 37.6. The minimum absolute atomic E-state index is 0. The Bertz CT molecular complexity index is 1630. The third-order valence-corrected chi connectivity index (χ3v) is 13.7. The summed E-state index contributed by atoms with van der Waals surface area (Å²) in [5.74, 6) is 1.50. The summed E-state index contributed by atoms with van der Waals surface area (Å²) >= 11 is 3.94. The second kappa shape index (κ2) is 14.5. The largest absolute Gasteiger partial charge is 0.412 e. The predicted octanol–water partition coefficient (Wildman–Crippen LogP) is 5.45. The molecule has 0 aromatic carbocycles. The number of halogens is 1. The van der Waals surface area contributed by atoms with Gasteiger partial charge >= 0.3 is 0 Å². The summed E-state index contributed by atoms with van der Waals surface area (Å²) in [6.07, 6.45) is 4.35. The minimum atomic E-state index is -3.70. The Morgan fingerprint density at radius 2 is 1.09 bits per heavy atom. The van der Waals surface area contributed by atoms with Crippen molar-refractivity contribution in [1.82, 2.24) is 6.15 Å². The lowest BCUT2D eigenvalue weighted by molar-refractivity contribution is 0.0946. The van der Waals surface area contributed by atoms with E-state index in [1.807, 2.05) is 25.3 Å². The van der Waals surface area contributed by atoms with Crippen LogP contribution in [0.2, 0.25) is 0 Å². The smallest absolute Gasteiger partial charge is 0.270 e. The number of carbonyl (C=O) groups excluding carboxylic acids is 3. The number of rotatable bonds is 2. The van der Waals surface area contributed by atoms with Crippen LogP contribution in [0.1, 0.15) is 85.7 Å². The first kappa shape index (κ1) is 37.4. The van der Waals surface area contributed by atoms with Crippen molar-refractivity contribution < 1.29 is 36.7 Å². The van der Waals surface area contributed by atoms with E-state index in [9.17, 15) is 31.2 Å². The number of primary sulfonamides is 1. The summed E-state index contributed by atoms with van der Waals surface area (Å²) < 4.78 is 44.6. The fourth-order valence-electron chi connectivity index (χ4n) is 5.04. The number of ketones is 3. The normalized spacial score (nSPS) is 21.0. The number of hydrogen-bond donors (Lipinski definition) is 2. The Balaban J connectivity index is 0.000000223. The lowest BCUT2D eigenvalue weighted by Gasteiger charge is -2.15. The summed E-state index contributed by atoms with van der Waals surface area (Å²) in [6, 6.07) is 4.76. The maximum atomic E-state index is 11.6. The van der Waals surface area contributed by atoms with Crippen LogP contribution >= 0.6 is 44.7 Å². The lowest BCUT2D eigenvalue weighted by atomic mass is 9.90. The minimum Gasteiger partial charge on any atom is -0.412 e. The van der Waals surface area contributed by atoms with Crippen molar-refractivity contribution in [1.29, 1.82) is 0 Å². The van der Waals surface area contributed by atoms with Crippen molar-refractivity contribution in [2.75, 3.05) is 0 Å². The molecule has 0 saturated heterocycles. The van der Waals surface area contributed by atoms with Crippen LogP contribution in [-0.4, -0.2) is 39.7 Å². The predicted molar refractivity (Wildman–Crippen MR) is 171 cm³/mol. The molecule has 0 radical (unpaired) electrons. The molecule has 1 unspecified atom stereocenters. The maximum Gasteiger partial charge on any atom is 0.270 e. The lowest BCUT2D eigenvalue weighted by Crippen LogP contribution is -2.15. The highest BCUT2D eigenvalue weighted by Gasteiger charge is 2.29. The number of carbonyl (C=O) groups is 3. The Morgan fingerprint density at radius 1 is 0.698 bits per heavy atom. The zero-order valence-corrected chi connectivity index (χ0v) is 28.7. The van der Waals surface area contributed by atoms with E-state index in [4.69, 9.17) is 15.8 Å². The van der Waals surface area contributed by atoms with E-state index >= 15 is 0 Å². The van der Waals surface area contributed by atoms with Gasteiger partial charge in [-0.2, -0.15) is 0 Å². The molecule has 0 bridgehead atoms. The highest BCUT2D eigenvalue weighted by Crippen LogP contribution is 2.36. The molecule has 10 nitrogen and oxygen atoms in total. The zero-order chi connectivity index (χ0) is 30.3. The van der Waals surface area contributed by atoms with E-state index in [1.54, 1.807) is 11.3 Å². The molecule has 0 fully saturated rings. The molecule has 3 heterocycles. The van der Waals surface area contributed by atoms with Gasteiger partial charge in [-0.25, -0.2) is 22.0 Å². The molecular weight excluding hydrogens is 676 g/mol. The number of sulfonamides is 1. The van der Waals surface area contributed by atoms with E-state index in [0.29, 0.717) is 35.7 Å². The third kappa shape index (κ3) is 9.11. The fraction of sp³-hybridized carbons (Fsp3) is 0.444. The molecule has 43 heavy (non-hydrogen) atoms. The summed E-state index contributed by atoms with van der Waals surface area (Å²) in [7, 11) is -2.14. The molecule has 6 rings (SSSR count). The van der Waals surface area contributed by atoms with Gasteiger partial charge in [-0.1, -0.05) is 20.8 Å². The highest BCUT2D eigenvalue weighted by molar-refractivity contribution is 8.15. The Hall–Kier alpha value is -1.82. The van der Waals surface area contributed by atoms with E-state index in [-0.39, 0.29) is 43.4 Å². The van der Waals surface area contributed by atoms with Crippen LogP contribution in [0.25, 0.3) is 0 Å². The molecule has 3 aliphatic rings. The molecule has 7 N–H and O–H groups in total. The maximum absolute atomic E-state index is 11.6. The van der Waals surface area contributed by atoms with Crippen LogP contribution in [0.4, 0.5) is 0 Å². The molecular formula is C27H35ClN2O8S5. The van der Waals surface area contributed by atoms with Crippen molar-refractivity contribution in [3.63, 3.8) is 0 Å². The van der Waals surface area contributed by atoms with Crippen LogP contribution in [0.15, 0.2) is 32.0 Å². The highest BCUT2D eigenvalue weighted by atomic mass is 35.7. The summed E-state index contributed by atoms with van der Waals surface area (Å²) in [5, 5.41) is 7.03. The molecule has 3 aromatic rings. The van der Waals surface area contributed by atoms with Crippen LogP contribution in [0.3, 0.4) is 0 Å². The van der Waals surface area contributed by atoms with Crippen LogP contribution in [-0.2, 0) is 38.3 Å². The fourth-order valence-corrected chi connectivity index (χ4v) is 10.7. The molecule has 238 valence electrons. The SMILES string of the molecule is CC1CC(=O)c2cc(S(N)(=O)=O)sc2C1.C[C@H]1CC(=O)c2cc(S(=O)(=O)Cl)sc2C1.C[C@H]1CC(=O)c2ccsc2C1.N.O. The average molecular weight is 711 g/mol. The first-order valence-corrected chi connectivity index (χ1v) is 19.3. The van der Waals surface area contributed by atoms with Crippen molar-refractivity contribution in [3.05, 3.63) is 54.9 Å². The van der Waals surface area contributed by atoms with Crippen LogP contribution in [0.5, 0.6) is 0 Å². The molecule has 3 atom stereocenters. The quantitative estimate of drug-likeness (QED) is 0.326. The Kier molecular flexibility index (Phi) is 12.6. The van der Waals surface area contributed by atoms with E-state index in [1.165, 1.54) is 17.0 Å². The standard InChI is InChI=1S/C9H9ClO3S2.C9H11NO3S2.C9H10OS.H3N.H2O/c2*1-5-2-7(11)6-4-9(15(10,12)13)14-8(6)3-5;1-6-4-8(10)7-2-3-11-9(7)5-6;;/h4-5H,2-3H2,1H3;4-5H,2-3H2,1H3,(H2,10,12,13);2-3,6H,4-5H2,1H3;1H3;1H2/t5-;;6-;;/m0.0../s1. The van der Waals surface area contributed by atoms with Gasteiger partial charge in [0, 0.05) is 61.3 Å². The van der Waals surface area contributed by atoms with E-state index in [2.05, 4.69) is 6.92 Å². The molecule has 3 aliphatic carbocycles. The number of hydrogen-bond acceptors (Lipinski definition) is 11. The summed E-state index contributed by atoms with van der Waals surface area (Å²) in [6.45, 7) is 6.10. The van der Waals surface area contributed by atoms with Gasteiger partial charge in [-0.05, 0) is 60.6 Å². The third-order valence-electron chi connectivity index (χ3n) is 6.94. The Morgan fingerprint density at radius 3 is 1.53 bits per heavy atom. The molecule has 0 spiro atoms. The van der Waals surface area contributed by atoms with Gasteiger partial charge < -0.3 is 11.6 Å². The van der Waals surface area contributed by atoms with Crippen LogP contribution in [0, 0.1) is 17.8 Å². The first-order chi connectivity index (χ1) is 19.0. The monoisotopic (exact) mass is 710 g/mol. The molecule has 3 aromatic heterocycles. The van der Waals surface area contributed by atoms with Crippen molar-refractivity contribution in [3.8, 4) is 0 Å². The topological polar surface area (TPSA) is 212 Å². The first-order valence-electron chi connectivity index (χ1n) is 12.9. The molecule has 16 heteroatoms. The summed E-state index contributed by atoms with van der Waals surface area (Å²) in [5.41, 5.74) is 2.06. The van der Waals surface area contributed by atoms with Gasteiger partial charge in [0.25, 0.3) is 9.05 Å². The number of thiophene rings is 3. The van der Waals surface area contributed by atoms with Crippen molar-refractivity contribution in [2.24, 2.45) is 22.9 Å². The molecule has 0 aliphatic heterocycles. The zero-order valence-electron chi connectivity index (χ0n) is 23.8. The number of Topliss-reactive ketones (excluding diaryl/α,β-unsaturated/α-hetero) is 3. The van der Waals surface area contributed by atoms with Gasteiger partial charge in [0.05, 0.1) is 0 Å². The second-order valence-electron chi connectivity index (χ2n) is 10.9. The second-order valence-corrected chi connectivity index (χ2v) is 18.7. The van der Waals surface area contributed by atoms with Gasteiger partial charge in [0.2, 0.25) is 10.0 Å². The number of fused-ring (bicyclic) bond motifs is 3. The Labute approximate surface area is 268 Å². The van der Waals surface area contributed by atoms with Crippen molar-refractivity contribution >= 4 is 81.1 Å². The van der Waals surface area contributed by atoms with E-state index in [0.717, 1.165) is 63.7 Å². The van der Waals surface area contributed by atoms with Crippen LogP contribution < -0.4 is 11.3 Å². The van der Waals surface area contributed by atoms with Gasteiger partial charge in [0.1, 0.15) is 8.42 Å². The van der Waals surface area contributed by atoms with Gasteiger partial charge in [-0.3, -0.25) is 14.4 Å². The van der Waals surface area contributed by atoms with E-state index < -0.39 is 19.1 Å². The average Bonchev–Trinajstić information content (AvgIpc) is 3.57. The van der Waals surface area contributed by atoms with Gasteiger partial charge in [-0.15, -0.1) is 34.0 Å². The molecule has 0 amide bonds. The van der Waals surface area contributed by atoms with Crippen molar-refractivity contribution in [2.45, 2.75) is 67.7 Å². The van der Waals surface area contributed by atoms with Gasteiger partial charge in [0.15, 0.2) is 17.3 Å².